The molecule has 110 valence electrons. The van der Waals surface area contributed by atoms with Crippen molar-refractivity contribution in [3.05, 3.63) is 23.8 Å². The lowest BCUT2D eigenvalue weighted by Gasteiger charge is -2.32. The van der Waals surface area contributed by atoms with Gasteiger partial charge in [-0.3, -0.25) is 0 Å². The standard InChI is InChI=1S/C14H20N2O2S2/c1-11-10-19-8-7-16(11)20(17,18)13-5-4-12-3-2-6-15-14(12)9-13/h4-5,9,11,15H,2-3,6-8,10H2,1H3. The van der Waals surface area contributed by atoms with Crippen LogP contribution >= 0.6 is 11.8 Å². The molecule has 1 aromatic carbocycles. The summed E-state index contributed by atoms with van der Waals surface area (Å²) in [4.78, 5) is 0.421. The first-order valence-electron chi connectivity index (χ1n) is 7.05. The van der Waals surface area contributed by atoms with Gasteiger partial charge in [-0.15, -0.1) is 0 Å². The van der Waals surface area contributed by atoms with Gasteiger partial charge in [0.2, 0.25) is 10.0 Å². The van der Waals surface area contributed by atoms with Crippen molar-refractivity contribution in [3.8, 4) is 0 Å². The second-order valence-corrected chi connectivity index (χ2v) is 8.43. The molecule has 0 amide bonds. The van der Waals surface area contributed by atoms with E-state index in [1.54, 1.807) is 16.4 Å². The SMILES string of the molecule is CC1CSCCN1S(=O)(=O)c1ccc2c(c1)NCCC2. The Hall–Kier alpha value is -0.720. The van der Waals surface area contributed by atoms with Crippen LogP contribution in [0.15, 0.2) is 23.1 Å². The fourth-order valence-corrected chi connectivity index (χ4v) is 5.69. The molecule has 0 saturated carbocycles. The largest absolute Gasteiger partial charge is 0.385 e. The third-order valence-electron chi connectivity index (χ3n) is 3.93. The summed E-state index contributed by atoms with van der Waals surface area (Å²) in [6.07, 6.45) is 2.14. The lowest BCUT2D eigenvalue weighted by atomic mass is 10.0. The van der Waals surface area contributed by atoms with Gasteiger partial charge in [-0.1, -0.05) is 6.07 Å². The van der Waals surface area contributed by atoms with Crippen molar-refractivity contribution >= 4 is 27.5 Å². The molecule has 20 heavy (non-hydrogen) atoms. The molecule has 0 bridgehead atoms. The third kappa shape index (κ3) is 2.56. The number of anilines is 1. The van der Waals surface area contributed by atoms with Crippen LogP contribution in [0.2, 0.25) is 0 Å². The summed E-state index contributed by atoms with van der Waals surface area (Å²) in [6, 6.07) is 5.59. The van der Waals surface area contributed by atoms with E-state index in [-0.39, 0.29) is 6.04 Å². The molecule has 6 heteroatoms. The second kappa shape index (κ2) is 5.58. The fraction of sp³-hybridized carbons (Fsp3) is 0.571. The minimum absolute atomic E-state index is 0.0720. The highest BCUT2D eigenvalue weighted by Gasteiger charge is 2.31. The first-order chi connectivity index (χ1) is 9.59. The van der Waals surface area contributed by atoms with Gasteiger partial charge in [0.05, 0.1) is 4.90 Å². The number of hydrogen-bond acceptors (Lipinski definition) is 4. The molecule has 3 rings (SSSR count). The Morgan fingerprint density at radius 2 is 2.25 bits per heavy atom. The van der Waals surface area contributed by atoms with Crippen molar-refractivity contribution in [2.45, 2.75) is 30.7 Å². The molecule has 1 N–H and O–H groups in total. The monoisotopic (exact) mass is 312 g/mol. The van der Waals surface area contributed by atoms with Gasteiger partial charge in [0.1, 0.15) is 0 Å². The average Bonchev–Trinajstić information content (AvgIpc) is 2.47. The summed E-state index contributed by atoms with van der Waals surface area (Å²) < 4.78 is 27.2. The van der Waals surface area contributed by atoms with Crippen molar-refractivity contribution in [1.82, 2.24) is 4.31 Å². The maximum absolute atomic E-state index is 12.8. The molecule has 2 heterocycles. The number of nitrogens with one attached hydrogen (secondary N) is 1. The topological polar surface area (TPSA) is 49.4 Å². The van der Waals surface area contributed by atoms with Crippen LogP contribution in [0.1, 0.15) is 18.9 Å². The number of aryl methyl sites for hydroxylation is 1. The third-order valence-corrected chi connectivity index (χ3v) is 7.13. The lowest BCUT2D eigenvalue weighted by Crippen LogP contribution is -2.44. The molecule has 0 aliphatic carbocycles. The van der Waals surface area contributed by atoms with Crippen LogP contribution in [0.25, 0.3) is 0 Å². The number of nitrogens with zero attached hydrogens (tertiary/aromatic N) is 1. The quantitative estimate of drug-likeness (QED) is 0.909. The van der Waals surface area contributed by atoms with Gasteiger partial charge in [0.25, 0.3) is 0 Å². The molecule has 4 nitrogen and oxygen atoms in total. The van der Waals surface area contributed by atoms with Gasteiger partial charge >= 0.3 is 0 Å². The molecule has 1 fully saturated rings. The first kappa shape index (κ1) is 14.2. The maximum atomic E-state index is 12.8. The van der Waals surface area contributed by atoms with Gasteiger partial charge in [0.15, 0.2) is 0 Å². The number of benzene rings is 1. The molecule has 0 spiro atoms. The molecule has 1 unspecified atom stereocenters. The van der Waals surface area contributed by atoms with Crippen LogP contribution in [0, 0.1) is 0 Å². The Balaban J connectivity index is 1.94. The van der Waals surface area contributed by atoms with Crippen LogP contribution in [-0.4, -0.2) is 43.4 Å². The molecule has 1 atom stereocenters. The second-order valence-electron chi connectivity index (χ2n) is 5.39. The minimum Gasteiger partial charge on any atom is -0.385 e. The Morgan fingerprint density at radius 1 is 1.40 bits per heavy atom. The van der Waals surface area contributed by atoms with Gasteiger partial charge < -0.3 is 5.32 Å². The summed E-state index contributed by atoms with van der Waals surface area (Å²) in [7, 11) is -3.36. The maximum Gasteiger partial charge on any atom is 0.243 e. The zero-order valence-electron chi connectivity index (χ0n) is 11.6. The molecule has 1 aromatic rings. The van der Waals surface area contributed by atoms with E-state index in [4.69, 9.17) is 0 Å². The van der Waals surface area contributed by atoms with Crippen molar-refractivity contribution in [2.24, 2.45) is 0 Å². The van der Waals surface area contributed by atoms with Crippen LogP contribution in [0.4, 0.5) is 5.69 Å². The Bertz CT molecular complexity index is 601. The van der Waals surface area contributed by atoms with Crippen LogP contribution in [0.3, 0.4) is 0 Å². The van der Waals surface area contributed by atoms with E-state index >= 15 is 0 Å². The summed E-state index contributed by atoms with van der Waals surface area (Å²) in [5, 5.41) is 3.30. The smallest absolute Gasteiger partial charge is 0.243 e. The van der Waals surface area contributed by atoms with E-state index < -0.39 is 10.0 Å². The van der Waals surface area contributed by atoms with Crippen LogP contribution in [-0.2, 0) is 16.4 Å². The highest BCUT2D eigenvalue weighted by atomic mass is 32.2. The molecular weight excluding hydrogens is 292 g/mol. The normalized spacial score (nSPS) is 23.9. The van der Waals surface area contributed by atoms with Gasteiger partial charge in [0, 0.05) is 36.3 Å². The highest BCUT2D eigenvalue weighted by molar-refractivity contribution is 7.99. The van der Waals surface area contributed by atoms with Crippen LogP contribution in [0.5, 0.6) is 0 Å². The summed E-state index contributed by atoms with van der Waals surface area (Å²) in [5.41, 5.74) is 2.20. The molecular formula is C14H20N2O2S2. The Labute approximate surface area is 125 Å². The zero-order chi connectivity index (χ0) is 14.2. The van der Waals surface area contributed by atoms with Crippen molar-refractivity contribution < 1.29 is 8.42 Å². The number of sulfonamides is 1. The molecule has 0 radical (unpaired) electrons. The van der Waals surface area contributed by atoms with Gasteiger partial charge in [-0.25, -0.2) is 8.42 Å². The number of rotatable bonds is 2. The predicted molar refractivity (Wildman–Crippen MR) is 83.9 cm³/mol. The number of thioether (sulfide) groups is 1. The minimum atomic E-state index is -3.36. The van der Waals surface area contributed by atoms with Crippen molar-refractivity contribution in [1.29, 1.82) is 0 Å². The summed E-state index contributed by atoms with van der Waals surface area (Å²) in [6.45, 7) is 3.52. The van der Waals surface area contributed by atoms with Crippen molar-refractivity contribution in [2.75, 3.05) is 29.9 Å². The van der Waals surface area contributed by atoms with E-state index in [0.29, 0.717) is 11.4 Å². The lowest BCUT2D eigenvalue weighted by molar-refractivity contribution is 0.367. The highest BCUT2D eigenvalue weighted by Crippen LogP contribution is 2.29. The van der Waals surface area contributed by atoms with Gasteiger partial charge in [-0.2, -0.15) is 16.1 Å². The summed E-state index contributed by atoms with van der Waals surface area (Å²) in [5.74, 6) is 1.76. The van der Waals surface area contributed by atoms with E-state index in [2.05, 4.69) is 5.32 Å². The molecule has 1 saturated heterocycles. The van der Waals surface area contributed by atoms with E-state index in [1.165, 1.54) is 5.56 Å². The Kier molecular flexibility index (Phi) is 3.97. The number of fused-ring (bicyclic) bond motifs is 1. The zero-order valence-corrected chi connectivity index (χ0v) is 13.3. The van der Waals surface area contributed by atoms with Gasteiger partial charge in [-0.05, 0) is 37.5 Å². The Morgan fingerprint density at radius 3 is 3.05 bits per heavy atom. The van der Waals surface area contributed by atoms with Crippen LogP contribution < -0.4 is 5.32 Å². The number of hydrogen-bond donors (Lipinski definition) is 1. The molecule has 2 aliphatic heterocycles. The summed E-state index contributed by atoms with van der Waals surface area (Å²) >= 11 is 1.82. The predicted octanol–water partition coefficient (Wildman–Crippen LogP) is 2.17. The fourth-order valence-electron chi connectivity index (χ4n) is 2.80. The first-order valence-corrected chi connectivity index (χ1v) is 9.65. The van der Waals surface area contributed by atoms with E-state index in [1.807, 2.05) is 24.8 Å². The molecule has 2 aliphatic rings. The van der Waals surface area contributed by atoms with E-state index in [9.17, 15) is 8.42 Å². The molecule has 0 aromatic heterocycles. The average molecular weight is 312 g/mol. The van der Waals surface area contributed by atoms with Crippen molar-refractivity contribution in [3.63, 3.8) is 0 Å². The van der Waals surface area contributed by atoms with E-state index in [0.717, 1.165) is 36.6 Å².